The average Bonchev–Trinajstić information content (AvgIpc) is 2.78. The molecule has 0 saturated carbocycles. The Labute approximate surface area is 119 Å². The second kappa shape index (κ2) is 6.16. The van der Waals surface area contributed by atoms with Crippen LogP contribution in [0.25, 0.3) is 0 Å². The molecule has 2 amide bonds. The molecule has 0 saturated heterocycles. The van der Waals surface area contributed by atoms with Gasteiger partial charge in [-0.05, 0) is 18.6 Å². The summed E-state index contributed by atoms with van der Waals surface area (Å²) >= 11 is 1.19. The molecule has 1 aromatic carbocycles. The normalized spacial score (nSPS) is 10.1. The largest absolute Gasteiger partial charge is 0.481 e. The van der Waals surface area contributed by atoms with E-state index in [1.807, 2.05) is 25.1 Å². The summed E-state index contributed by atoms with van der Waals surface area (Å²) in [5, 5.41) is 15.9. The van der Waals surface area contributed by atoms with Crippen molar-refractivity contribution >= 4 is 34.2 Å². The fraction of sp³-hybridized carbons (Fsp3) is 0.154. The van der Waals surface area contributed by atoms with Crippen molar-refractivity contribution in [3.63, 3.8) is 0 Å². The molecule has 0 aliphatic carbocycles. The number of para-hydroxylation sites is 1. The zero-order chi connectivity index (χ0) is 14.5. The Kier molecular flexibility index (Phi) is 4.31. The van der Waals surface area contributed by atoms with E-state index in [9.17, 15) is 9.59 Å². The van der Waals surface area contributed by atoms with E-state index in [2.05, 4.69) is 15.6 Å². The number of nitrogens with one attached hydrogen (secondary N) is 2. The van der Waals surface area contributed by atoms with Crippen molar-refractivity contribution in [1.29, 1.82) is 0 Å². The lowest BCUT2D eigenvalue weighted by molar-refractivity contribution is -0.136. The van der Waals surface area contributed by atoms with Gasteiger partial charge in [0.15, 0.2) is 5.13 Å². The fourth-order valence-electron chi connectivity index (χ4n) is 1.56. The van der Waals surface area contributed by atoms with Gasteiger partial charge in [0.2, 0.25) is 0 Å². The summed E-state index contributed by atoms with van der Waals surface area (Å²) in [7, 11) is 0. The highest BCUT2D eigenvalue weighted by Crippen LogP contribution is 2.17. The number of thiazole rings is 1. The number of nitrogens with zero attached hydrogens (tertiary/aromatic N) is 1. The molecule has 0 spiro atoms. The summed E-state index contributed by atoms with van der Waals surface area (Å²) in [5.41, 5.74) is 2.09. The monoisotopic (exact) mass is 291 g/mol. The van der Waals surface area contributed by atoms with Crippen molar-refractivity contribution < 1.29 is 14.7 Å². The van der Waals surface area contributed by atoms with E-state index in [0.29, 0.717) is 16.5 Å². The lowest BCUT2D eigenvalue weighted by Gasteiger charge is -2.07. The standard InChI is InChI=1S/C13H13N3O3S/c1-8-4-2-3-5-10(8)15-12(19)16-13-14-9(7-20-13)6-11(17)18/h2-5,7H,6H2,1H3,(H,17,18)(H2,14,15,16,19). The minimum absolute atomic E-state index is 0.155. The summed E-state index contributed by atoms with van der Waals surface area (Å²) < 4.78 is 0. The van der Waals surface area contributed by atoms with Gasteiger partial charge in [-0.25, -0.2) is 9.78 Å². The maximum Gasteiger partial charge on any atom is 0.325 e. The van der Waals surface area contributed by atoms with Gasteiger partial charge in [-0.15, -0.1) is 11.3 Å². The molecule has 0 bridgehead atoms. The summed E-state index contributed by atoms with van der Waals surface area (Å²) in [6, 6.07) is 7.00. The van der Waals surface area contributed by atoms with Crippen molar-refractivity contribution in [1.82, 2.24) is 4.98 Å². The first-order valence-electron chi connectivity index (χ1n) is 5.84. The minimum Gasteiger partial charge on any atom is -0.481 e. The summed E-state index contributed by atoms with van der Waals surface area (Å²) in [6.45, 7) is 1.89. The molecule has 0 atom stereocenters. The van der Waals surface area contributed by atoms with Crippen LogP contribution in [0.4, 0.5) is 15.6 Å². The second-order valence-electron chi connectivity index (χ2n) is 4.11. The Morgan fingerprint density at radius 1 is 1.30 bits per heavy atom. The molecular formula is C13H13N3O3S. The van der Waals surface area contributed by atoms with Crippen LogP contribution in [0.3, 0.4) is 0 Å². The van der Waals surface area contributed by atoms with Gasteiger partial charge in [0.05, 0.1) is 12.1 Å². The molecule has 20 heavy (non-hydrogen) atoms. The number of carboxylic acid groups (broad SMARTS) is 1. The van der Waals surface area contributed by atoms with Crippen LogP contribution in [0.1, 0.15) is 11.3 Å². The first-order valence-corrected chi connectivity index (χ1v) is 6.72. The highest BCUT2D eigenvalue weighted by molar-refractivity contribution is 7.13. The van der Waals surface area contributed by atoms with Crippen LogP contribution in [-0.4, -0.2) is 22.1 Å². The third kappa shape index (κ3) is 3.79. The number of anilines is 2. The molecule has 6 nitrogen and oxygen atoms in total. The van der Waals surface area contributed by atoms with Gasteiger partial charge in [0.1, 0.15) is 0 Å². The Balaban J connectivity index is 1.96. The maximum atomic E-state index is 11.8. The summed E-state index contributed by atoms with van der Waals surface area (Å²) in [6.07, 6.45) is -0.155. The predicted octanol–water partition coefficient (Wildman–Crippen LogP) is 2.72. The lowest BCUT2D eigenvalue weighted by atomic mass is 10.2. The van der Waals surface area contributed by atoms with E-state index in [1.54, 1.807) is 11.4 Å². The van der Waals surface area contributed by atoms with E-state index in [0.717, 1.165) is 5.56 Å². The van der Waals surface area contributed by atoms with Crippen LogP contribution in [0.5, 0.6) is 0 Å². The third-order valence-corrected chi connectivity index (χ3v) is 3.30. The number of carboxylic acids is 1. The maximum absolute atomic E-state index is 11.8. The van der Waals surface area contributed by atoms with Crippen LogP contribution in [0.15, 0.2) is 29.6 Å². The number of benzene rings is 1. The van der Waals surface area contributed by atoms with Gasteiger partial charge in [-0.2, -0.15) is 0 Å². The molecule has 0 unspecified atom stereocenters. The average molecular weight is 291 g/mol. The number of amides is 2. The highest BCUT2D eigenvalue weighted by atomic mass is 32.1. The van der Waals surface area contributed by atoms with Crippen LogP contribution in [0, 0.1) is 6.92 Å². The molecule has 2 aromatic rings. The smallest absolute Gasteiger partial charge is 0.325 e. The number of hydrogen-bond acceptors (Lipinski definition) is 4. The lowest BCUT2D eigenvalue weighted by Crippen LogP contribution is -2.19. The molecule has 0 radical (unpaired) electrons. The number of urea groups is 1. The van der Waals surface area contributed by atoms with Gasteiger partial charge >= 0.3 is 12.0 Å². The Hall–Kier alpha value is -2.41. The third-order valence-electron chi connectivity index (χ3n) is 2.50. The minimum atomic E-state index is -0.953. The van der Waals surface area contributed by atoms with Crippen LogP contribution < -0.4 is 10.6 Å². The van der Waals surface area contributed by atoms with Gasteiger partial charge in [0, 0.05) is 11.1 Å². The number of aliphatic carboxylic acids is 1. The van der Waals surface area contributed by atoms with Gasteiger partial charge in [-0.3, -0.25) is 10.1 Å². The molecule has 7 heteroatoms. The number of carbonyl (C=O) groups is 2. The highest BCUT2D eigenvalue weighted by Gasteiger charge is 2.09. The van der Waals surface area contributed by atoms with Gasteiger partial charge < -0.3 is 10.4 Å². The van der Waals surface area contributed by atoms with Crippen molar-refractivity contribution in [2.45, 2.75) is 13.3 Å². The molecule has 104 valence electrons. The van der Waals surface area contributed by atoms with Crippen molar-refractivity contribution in [2.24, 2.45) is 0 Å². The van der Waals surface area contributed by atoms with Crippen molar-refractivity contribution in [3.05, 3.63) is 40.9 Å². The molecular weight excluding hydrogens is 278 g/mol. The molecule has 0 aliphatic rings. The van der Waals surface area contributed by atoms with Gasteiger partial charge in [-0.1, -0.05) is 18.2 Å². The Bertz CT molecular complexity index is 639. The molecule has 0 fully saturated rings. The molecule has 1 heterocycles. The van der Waals surface area contributed by atoms with E-state index in [1.165, 1.54) is 11.3 Å². The van der Waals surface area contributed by atoms with Crippen LogP contribution in [0.2, 0.25) is 0 Å². The Morgan fingerprint density at radius 3 is 2.75 bits per heavy atom. The molecule has 2 rings (SSSR count). The van der Waals surface area contributed by atoms with E-state index in [-0.39, 0.29) is 6.42 Å². The van der Waals surface area contributed by atoms with E-state index < -0.39 is 12.0 Å². The van der Waals surface area contributed by atoms with Crippen molar-refractivity contribution in [3.8, 4) is 0 Å². The second-order valence-corrected chi connectivity index (χ2v) is 4.97. The first kappa shape index (κ1) is 14.0. The molecule has 3 N–H and O–H groups in total. The predicted molar refractivity (Wildman–Crippen MR) is 77.3 cm³/mol. The summed E-state index contributed by atoms with van der Waals surface area (Å²) in [5.74, 6) is -0.953. The van der Waals surface area contributed by atoms with E-state index >= 15 is 0 Å². The molecule has 1 aromatic heterocycles. The topological polar surface area (TPSA) is 91.3 Å². The number of hydrogen-bond donors (Lipinski definition) is 3. The van der Waals surface area contributed by atoms with Crippen LogP contribution in [-0.2, 0) is 11.2 Å². The molecule has 0 aliphatic heterocycles. The van der Waals surface area contributed by atoms with Crippen molar-refractivity contribution in [2.75, 3.05) is 10.6 Å². The quantitative estimate of drug-likeness (QED) is 0.807. The SMILES string of the molecule is Cc1ccccc1NC(=O)Nc1nc(CC(=O)O)cs1. The Morgan fingerprint density at radius 2 is 2.05 bits per heavy atom. The number of aryl methyl sites for hydroxylation is 1. The zero-order valence-corrected chi connectivity index (χ0v) is 11.5. The fourth-order valence-corrected chi connectivity index (χ4v) is 2.27. The van der Waals surface area contributed by atoms with E-state index in [4.69, 9.17) is 5.11 Å². The van der Waals surface area contributed by atoms with Crippen LogP contribution >= 0.6 is 11.3 Å². The number of carbonyl (C=O) groups excluding carboxylic acids is 1. The summed E-state index contributed by atoms with van der Waals surface area (Å²) in [4.78, 5) is 26.4. The zero-order valence-electron chi connectivity index (χ0n) is 10.7. The van der Waals surface area contributed by atoms with Gasteiger partial charge in [0.25, 0.3) is 0 Å². The number of aromatic nitrogens is 1. The number of rotatable bonds is 4. The first-order chi connectivity index (χ1) is 9.54.